The Morgan fingerprint density at radius 3 is 2.78 bits per heavy atom. The lowest BCUT2D eigenvalue weighted by Gasteiger charge is -2.28. The molecule has 0 saturated carbocycles. The number of carbonyl (C=O) groups is 2. The van der Waals surface area contributed by atoms with E-state index in [0.717, 1.165) is 18.5 Å². The summed E-state index contributed by atoms with van der Waals surface area (Å²) in [7, 11) is 0. The topological polar surface area (TPSA) is 78.9 Å². The number of hydrogen-bond acceptors (Lipinski definition) is 5. The zero-order valence-electron chi connectivity index (χ0n) is 13.5. The molecule has 23 heavy (non-hydrogen) atoms. The van der Waals surface area contributed by atoms with Crippen LogP contribution in [0.4, 0.5) is 0 Å². The molecule has 126 valence electrons. The summed E-state index contributed by atoms with van der Waals surface area (Å²) >= 11 is 0. The summed E-state index contributed by atoms with van der Waals surface area (Å²) in [6, 6.07) is 7.55. The average molecular weight is 320 g/mol. The van der Waals surface area contributed by atoms with Crippen molar-refractivity contribution < 1.29 is 19.4 Å². The number of rotatable bonds is 8. The average Bonchev–Trinajstić information content (AvgIpc) is 2.52. The number of Topliss-reactive ketones (excluding diaryl/α,β-unsaturated/α-hetero) is 1. The lowest BCUT2D eigenvalue weighted by Crippen LogP contribution is -2.50. The van der Waals surface area contributed by atoms with Crippen LogP contribution >= 0.6 is 0 Å². The van der Waals surface area contributed by atoms with E-state index in [-0.39, 0.29) is 18.3 Å². The van der Waals surface area contributed by atoms with Crippen molar-refractivity contribution in [3.63, 3.8) is 0 Å². The second-order valence-corrected chi connectivity index (χ2v) is 5.90. The molecule has 0 aliphatic carbocycles. The van der Waals surface area contributed by atoms with Gasteiger partial charge in [0.05, 0.1) is 6.54 Å². The Bertz CT molecular complexity index is 530. The number of aliphatic hydroxyl groups is 1. The largest absolute Gasteiger partial charge is 0.491 e. The van der Waals surface area contributed by atoms with Gasteiger partial charge in [0.25, 0.3) is 0 Å². The highest BCUT2D eigenvalue weighted by atomic mass is 16.5. The predicted molar refractivity (Wildman–Crippen MR) is 86.4 cm³/mol. The van der Waals surface area contributed by atoms with Gasteiger partial charge in [-0.1, -0.05) is 12.1 Å². The first kappa shape index (κ1) is 17.4. The van der Waals surface area contributed by atoms with E-state index in [2.05, 4.69) is 5.32 Å². The van der Waals surface area contributed by atoms with E-state index in [1.807, 2.05) is 29.2 Å². The minimum Gasteiger partial charge on any atom is -0.491 e. The van der Waals surface area contributed by atoms with Gasteiger partial charge in [0.15, 0.2) is 0 Å². The molecule has 1 fully saturated rings. The highest BCUT2D eigenvalue weighted by Gasteiger charge is 2.19. The number of amides is 1. The number of carbonyl (C=O) groups excluding carboxylic acids is 2. The molecule has 1 aliphatic heterocycles. The van der Waals surface area contributed by atoms with Crippen molar-refractivity contribution in [2.75, 3.05) is 32.8 Å². The van der Waals surface area contributed by atoms with Crippen LogP contribution in [0.3, 0.4) is 0 Å². The molecule has 1 atom stereocenters. The van der Waals surface area contributed by atoms with Gasteiger partial charge in [0.1, 0.15) is 24.2 Å². The second-order valence-electron chi connectivity index (χ2n) is 5.90. The van der Waals surface area contributed by atoms with Crippen molar-refractivity contribution in [2.45, 2.75) is 25.9 Å². The van der Waals surface area contributed by atoms with Gasteiger partial charge in [-0.25, -0.2) is 0 Å². The third kappa shape index (κ3) is 6.38. The molecule has 0 spiro atoms. The molecule has 1 aromatic rings. The fourth-order valence-electron chi connectivity index (χ4n) is 2.46. The third-order valence-corrected chi connectivity index (χ3v) is 3.72. The fourth-order valence-corrected chi connectivity index (χ4v) is 2.46. The molecule has 1 aromatic carbocycles. The summed E-state index contributed by atoms with van der Waals surface area (Å²) in [5.41, 5.74) is 1.09. The Morgan fingerprint density at radius 1 is 1.39 bits per heavy atom. The van der Waals surface area contributed by atoms with Gasteiger partial charge in [0.2, 0.25) is 5.91 Å². The third-order valence-electron chi connectivity index (χ3n) is 3.72. The number of aliphatic hydroxyl groups excluding tert-OH is 1. The van der Waals surface area contributed by atoms with Crippen LogP contribution in [-0.4, -0.2) is 60.6 Å². The SMILES string of the molecule is CC(=O)CCc1ccc(OC[C@H](O)CN2CCNC(=O)C2)cc1. The van der Waals surface area contributed by atoms with Gasteiger partial charge in [-0.05, 0) is 31.0 Å². The van der Waals surface area contributed by atoms with E-state index in [1.165, 1.54) is 0 Å². The highest BCUT2D eigenvalue weighted by molar-refractivity contribution is 5.78. The summed E-state index contributed by atoms with van der Waals surface area (Å²) in [6.45, 7) is 3.88. The lowest BCUT2D eigenvalue weighted by atomic mass is 10.1. The van der Waals surface area contributed by atoms with E-state index in [4.69, 9.17) is 4.74 Å². The van der Waals surface area contributed by atoms with Crippen LogP contribution in [0.15, 0.2) is 24.3 Å². The molecule has 0 radical (unpaired) electrons. The molecule has 0 aromatic heterocycles. The number of hydrogen-bond donors (Lipinski definition) is 2. The van der Waals surface area contributed by atoms with Crippen LogP contribution in [0.25, 0.3) is 0 Å². The fraction of sp³-hybridized carbons (Fsp3) is 0.529. The Morgan fingerprint density at radius 2 is 2.13 bits per heavy atom. The molecule has 2 rings (SSSR count). The zero-order chi connectivity index (χ0) is 16.7. The van der Waals surface area contributed by atoms with Crippen molar-refractivity contribution in [1.29, 1.82) is 0 Å². The Labute approximate surface area is 136 Å². The van der Waals surface area contributed by atoms with Crippen molar-refractivity contribution in [3.8, 4) is 5.75 Å². The van der Waals surface area contributed by atoms with E-state index in [9.17, 15) is 14.7 Å². The van der Waals surface area contributed by atoms with E-state index in [0.29, 0.717) is 31.8 Å². The first-order valence-corrected chi connectivity index (χ1v) is 7.91. The van der Waals surface area contributed by atoms with Crippen molar-refractivity contribution in [1.82, 2.24) is 10.2 Å². The van der Waals surface area contributed by atoms with Crippen LogP contribution in [0.5, 0.6) is 5.75 Å². The summed E-state index contributed by atoms with van der Waals surface area (Å²) in [5.74, 6) is 0.859. The molecule has 2 N–H and O–H groups in total. The normalized spacial score (nSPS) is 16.7. The molecule has 1 saturated heterocycles. The number of ketones is 1. The number of nitrogens with zero attached hydrogens (tertiary/aromatic N) is 1. The van der Waals surface area contributed by atoms with Crippen LogP contribution in [0.2, 0.25) is 0 Å². The number of ether oxygens (including phenoxy) is 1. The number of nitrogens with one attached hydrogen (secondary N) is 1. The molecule has 6 heteroatoms. The molecule has 1 heterocycles. The number of β-amino-alcohol motifs (C(OH)–C–C–N with tert-alkyl or cyclic N) is 1. The van der Waals surface area contributed by atoms with Crippen molar-refractivity contribution >= 4 is 11.7 Å². The maximum absolute atomic E-state index is 11.3. The summed E-state index contributed by atoms with van der Waals surface area (Å²) in [4.78, 5) is 24.2. The predicted octanol–water partition coefficient (Wildman–Crippen LogP) is 0.380. The lowest BCUT2D eigenvalue weighted by molar-refractivity contribution is -0.124. The van der Waals surface area contributed by atoms with Gasteiger partial charge in [-0.3, -0.25) is 9.69 Å². The van der Waals surface area contributed by atoms with Crippen LogP contribution < -0.4 is 10.1 Å². The van der Waals surface area contributed by atoms with Crippen molar-refractivity contribution in [3.05, 3.63) is 29.8 Å². The standard InChI is InChI=1S/C17H24N2O4/c1-13(20)2-3-14-4-6-16(7-5-14)23-12-15(21)10-19-9-8-18-17(22)11-19/h4-7,15,21H,2-3,8-12H2,1H3,(H,18,22)/t15-/m1/s1. The number of piperazine rings is 1. The van der Waals surface area contributed by atoms with E-state index < -0.39 is 6.10 Å². The molecule has 0 unspecified atom stereocenters. The zero-order valence-corrected chi connectivity index (χ0v) is 13.5. The quantitative estimate of drug-likeness (QED) is 0.724. The van der Waals surface area contributed by atoms with Gasteiger partial charge in [0, 0.05) is 26.1 Å². The molecule has 6 nitrogen and oxygen atoms in total. The Hall–Kier alpha value is -1.92. The van der Waals surface area contributed by atoms with Gasteiger partial charge < -0.3 is 20.0 Å². The summed E-state index contributed by atoms with van der Waals surface area (Å²) in [6.07, 6.45) is 0.635. The maximum atomic E-state index is 11.3. The minimum atomic E-state index is -0.640. The number of benzene rings is 1. The maximum Gasteiger partial charge on any atom is 0.234 e. The molecule has 1 aliphatic rings. The molecular formula is C17H24N2O4. The second kappa shape index (κ2) is 8.64. The Balaban J connectivity index is 1.72. The Kier molecular flexibility index (Phi) is 6.55. The highest BCUT2D eigenvalue weighted by Crippen LogP contribution is 2.14. The van der Waals surface area contributed by atoms with Crippen molar-refractivity contribution in [2.24, 2.45) is 0 Å². The smallest absolute Gasteiger partial charge is 0.234 e. The summed E-state index contributed by atoms with van der Waals surface area (Å²) < 4.78 is 5.57. The summed E-state index contributed by atoms with van der Waals surface area (Å²) in [5, 5.41) is 12.8. The first-order chi connectivity index (χ1) is 11.0. The van der Waals surface area contributed by atoms with Gasteiger partial charge in [-0.15, -0.1) is 0 Å². The van der Waals surface area contributed by atoms with Crippen LogP contribution in [0, 0.1) is 0 Å². The van der Waals surface area contributed by atoms with Crippen LogP contribution in [-0.2, 0) is 16.0 Å². The van der Waals surface area contributed by atoms with E-state index >= 15 is 0 Å². The van der Waals surface area contributed by atoms with E-state index in [1.54, 1.807) is 6.92 Å². The minimum absolute atomic E-state index is 0.00878. The molecule has 0 bridgehead atoms. The van der Waals surface area contributed by atoms with Crippen LogP contribution in [0.1, 0.15) is 18.9 Å². The molecule has 1 amide bonds. The first-order valence-electron chi connectivity index (χ1n) is 7.91. The number of aryl methyl sites for hydroxylation is 1. The monoisotopic (exact) mass is 320 g/mol. The van der Waals surface area contributed by atoms with Gasteiger partial charge in [-0.2, -0.15) is 0 Å². The molecular weight excluding hydrogens is 296 g/mol. The van der Waals surface area contributed by atoms with Gasteiger partial charge >= 0.3 is 0 Å².